The molecular formula is C30H36BrClN4O5S. The predicted octanol–water partition coefficient (Wildman–Crippen LogP) is 5.05. The van der Waals surface area contributed by atoms with E-state index in [0.717, 1.165) is 27.0 Å². The lowest BCUT2D eigenvalue weighted by atomic mass is 10.1. The summed E-state index contributed by atoms with van der Waals surface area (Å²) < 4.78 is 26.8. The molecule has 42 heavy (non-hydrogen) atoms. The van der Waals surface area contributed by atoms with Crippen LogP contribution >= 0.6 is 36.7 Å². The Hall–Kier alpha value is -2.25. The van der Waals surface area contributed by atoms with Crippen molar-refractivity contribution in [2.75, 3.05) is 50.6 Å². The van der Waals surface area contributed by atoms with Crippen molar-refractivity contribution in [3.63, 3.8) is 0 Å². The maximum absolute atomic E-state index is 10.2. The molecule has 1 unspecified atom stereocenters. The third kappa shape index (κ3) is 6.47. The van der Waals surface area contributed by atoms with Crippen LogP contribution in [0.25, 0.3) is 33.7 Å². The summed E-state index contributed by atoms with van der Waals surface area (Å²) in [5, 5.41) is 10.7. The molecule has 5 heterocycles. The van der Waals surface area contributed by atoms with Crippen molar-refractivity contribution in [2.24, 2.45) is 0 Å². The van der Waals surface area contributed by atoms with E-state index >= 15 is 0 Å². The van der Waals surface area contributed by atoms with Crippen molar-refractivity contribution >= 4 is 47.9 Å². The second-order valence-corrected chi connectivity index (χ2v) is 22.6. The van der Waals surface area contributed by atoms with Crippen LogP contribution in [0.3, 0.4) is 0 Å². The highest BCUT2D eigenvalue weighted by Crippen LogP contribution is 2.54. The van der Waals surface area contributed by atoms with E-state index in [1.807, 2.05) is 47.0 Å². The van der Waals surface area contributed by atoms with E-state index in [4.69, 9.17) is 40.5 Å². The molecule has 6 rings (SSSR count). The number of ether oxygens (including phenoxy) is 4. The number of aliphatic hydroxyl groups excluding tert-OH is 1. The van der Waals surface area contributed by atoms with Crippen molar-refractivity contribution in [3.05, 3.63) is 58.2 Å². The number of benzene rings is 1. The Balaban J connectivity index is 1.30. The van der Waals surface area contributed by atoms with Gasteiger partial charge in [-0.1, -0.05) is 35.9 Å². The van der Waals surface area contributed by atoms with E-state index in [0.29, 0.717) is 41.1 Å². The SMILES string of the molecule is C[SH](C)(C)(C)CCOCn1c(O[C@@H]2CO[C@H]3C2OC[C@H]3O)nc2nc(-c3ccc(-c4ccc(Br)cn4)cc3)c(Cl)cc21. The first-order chi connectivity index (χ1) is 19.9. The Kier molecular flexibility index (Phi) is 8.05. The summed E-state index contributed by atoms with van der Waals surface area (Å²) in [5.41, 5.74) is 4.54. The fraction of sp³-hybridized carbons (Fsp3) is 0.433. The molecule has 2 fully saturated rings. The fourth-order valence-electron chi connectivity index (χ4n) is 5.03. The third-order valence-corrected chi connectivity index (χ3v) is 10.2. The molecule has 0 bridgehead atoms. The fourth-order valence-corrected chi connectivity index (χ4v) is 6.38. The molecule has 4 atom stereocenters. The lowest BCUT2D eigenvalue weighted by Gasteiger charge is -2.46. The summed E-state index contributed by atoms with van der Waals surface area (Å²) in [6.07, 6.45) is 9.24. The molecule has 1 N–H and O–H groups in total. The van der Waals surface area contributed by atoms with Gasteiger partial charge in [0.15, 0.2) is 11.8 Å². The van der Waals surface area contributed by atoms with E-state index in [1.54, 1.807) is 6.20 Å². The van der Waals surface area contributed by atoms with Gasteiger partial charge in [0.1, 0.15) is 25.0 Å². The summed E-state index contributed by atoms with van der Waals surface area (Å²) in [6.45, 7) is 1.36. The van der Waals surface area contributed by atoms with E-state index in [2.05, 4.69) is 45.9 Å². The molecule has 1 aromatic carbocycles. The zero-order valence-corrected chi connectivity index (χ0v) is 27.3. The Morgan fingerprint density at radius 3 is 2.48 bits per heavy atom. The standard InChI is InChI=1S/C30H36BrClN4O5S/c1-42(2,3,4)12-11-38-17-36-23-13-21(32)26(19-7-5-18(6-8-19)22-10-9-20(31)14-33-22)34-29(23)35-30(36)41-25-16-40-27-24(37)15-39-28(25)27/h5-10,13-14,24-25,27-28,37,42H,11-12,15-17H2,1-4H3/t24-,25-,27-,28?/m1/s1. The van der Waals surface area contributed by atoms with Crippen LogP contribution in [-0.4, -0.2) is 99.6 Å². The molecule has 2 saturated heterocycles. The van der Waals surface area contributed by atoms with Crippen LogP contribution < -0.4 is 4.74 Å². The zero-order chi connectivity index (χ0) is 29.7. The minimum absolute atomic E-state index is 0.222. The summed E-state index contributed by atoms with van der Waals surface area (Å²) >= 11 is 10.3. The van der Waals surface area contributed by atoms with Crippen molar-refractivity contribution in [2.45, 2.75) is 31.1 Å². The predicted molar refractivity (Wildman–Crippen MR) is 172 cm³/mol. The first kappa shape index (κ1) is 29.8. The summed E-state index contributed by atoms with van der Waals surface area (Å²) in [5.74, 6) is 0.995. The van der Waals surface area contributed by atoms with Gasteiger partial charge in [-0.3, -0.25) is 18.7 Å². The molecule has 226 valence electrons. The van der Waals surface area contributed by atoms with Crippen LogP contribution in [0.1, 0.15) is 0 Å². The Morgan fingerprint density at radius 1 is 1.02 bits per heavy atom. The topological polar surface area (TPSA) is 101 Å². The number of pyridine rings is 2. The van der Waals surface area contributed by atoms with E-state index in [-0.39, 0.29) is 19.4 Å². The molecular weight excluding hydrogens is 644 g/mol. The number of imidazole rings is 1. The van der Waals surface area contributed by atoms with Crippen molar-refractivity contribution in [1.29, 1.82) is 0 Å². The first-order valence-electron chi connectivity index (χ1n) is 13.9. The summed E-state index contributed by atoms with van der Waals surface area (Å²) in [6, 6.07) is 14.1. The lowest BCUT2D eigenvalue weighted by molar-refractivity contribution is 0.00346. The Bertz CT molecular complexity index is 1580. The molecule has 2 aliphatic heterocycles. The van der Waals surface area contributed by atoms with Crippen LogP contribution in [0.15, 0.2) is 53.1 Å². The van der Waals surface area contributed by atoms with Gasteiger partial charge in [0.05, 0.1) is 41.7 Å². The average molecular weight is 680 g/mol. The van der Waals surface area contributed by atoms with Gasteiger partial charge in [0.2, 0.25) is 0 Å². The highest BCUT2D eigenvalue weighted by Gasteiger charge is 2.49. The normalized spacial score (nSPS) is 23.2. The van der Waals surface area contributed by atoms with Gasteiger partial charge in [-0.25, -0.2) is 4.98 Å². The van der Waals surface area contributed by atoms with Gasteiger partial charge in [-0.2, -0.15) is 4.98 Å². The molecule has 0 amide bonds. The van der Waals surface area contributed by atoms with Gasteiger partial charge in [0, 0.05) is 21.8 Å². The molecule has 0 aliphatic carbocycles. The minimum Gasteiger partial charge on any atom is -0.456 e. The number of aliphatic hydroxyl groups is 1. The molecule has 12 heteroatoms. The van der Waals surface area contributed by atoms with Gasteiger partial charge in [0.25, 0.3) is 0 Å². The van der Waals surface area contributed by atoms with Crippen molar-refractivity contribution < 1.29 is 24.1 Å². The van der Waals surface area contributed by atoms with Crippen LogP contribution in [0.2, 0.25) is 5.02 Å². The number of nitrogens with zero attached hydrogens (tertiary/aromatic N) is 4. The van der Waals surface area contributed by atoms with Crippen LogP contribution in [0.4, 0.5) is 0 Å². The average Bonchev–Trinajstić information content (AvgIpc) is 3.61. The van der Waals surface area contributed by atoms with Crippen LogP contribution in [-0.2, 0) is 20.9 Å². The van der Waals surface area contributed by atoms with Gasteiger partial charge >= 0.3 is 6.01 Å². The van der Waals surface area contributed by atoms with Crippen molar-refractivity contribution in [1.82, 2.24) is 19.5 Å². The third-order valence-electron chi connectivity index (χ3n) is 7.43. The molecule has 4 aromatic rings. The smallest absolute Gasteiger partial charge is 0.301 e. The molecule has 9 nitrogen and oxygen atoms in total. The number of thiol groups is 1. The Labute approximate surface area is 258 Å². The quantitative estimate of drug-likeness (QED) is 0.187. The lowest BCUT2D eigenvalue weighted by Crippen LogP contribution is -2.35. The first-order valence-corrected chi connectivity index (χ1v) is 19.2. The van der Waals surface area contributed by atoms with Crippen LogP contribution in [0.5, 0.6) is 6.01 Å². The van der Waals surface area contributed by atoms with Gasteiger partial charge in [-0.05, 0) is 64.9 Å². The number of hydrogen-bond acceptors (Lipinski definition) is 8. The number of aromatic nitrogens is 4. The molecule has 0 saturated carbocycles. The second kappa shape index (κ2) is 11.4. The van der Waals surface area contributed by atoms with Crippen molar-refractivity contribution in [3.8, 4) is 28.5 Å². The molecule has 3 aromatic heterocycles. The second-order valence-electron chi connectivity index (χ2n) is 13.0. The summed E-state index contributed by atoms with van der Waals surface area (Å²) in [4.78, 5) is 14.1. The van der Waals surface area contributed by atoms with Gasteiger partial charge < -0.3 is 24.1 Å². The van der Waals surface area contributed by atoms with E-state index in [1.165, 1.54) is 0 Å². The highest BCUT2D eigenvalue weighted by atomic mass is 79.9. The number of hydrogen-bond donors (Lipinski definition) is 2. The minimum atomic E-state index is -1.72. The molecule has 0 spiro atoms. The maximum atomic E-state index is 10.2. The number of fused-ring (bicyclic) bond motifs is 2. The Morgan fingerprint density at radius 2 is 1.76 bits per heavy atom. The molecule has 2 aliphatic rings. The molecule has 0 radical (unpaired) electrons. The summed E-state index contributed by atoms with van der Waals surface area (Å²) in [7, 11) is -1.72. The van der Waals surface area contributed by atoms with E-state index in [9.17, 15) is 5.11 Å². The monoisotopic (exact) mass is 678 g/mol. The number of halogens is 2. The largest absolute Gasteiger partial charge is 0.456 e. The zero-order valence-electron chi connectivity index (χ0n) is 24.0. The van der Waals surface area contributed by atoms with Crippen LogP contribution in [0, 0.1) is 0 Å². The highest BCUT2D eigenvalue weighted by molar-refractivity contribution is 9.10. The maximum Gasteiger partial charge on any atom is 0.301 e. The number of rotatable bonds is 9. The van der Waals surface area contributed by atoms with Gasteiger partial charge in [-0.15, -0.1) is 0 Å². The van der Waals surface area contributed by atoms with E-state index < -0.39 is 27.5 Å².